The average Bonchev–Trinajstić information content (AvgIpc) is 2.99. The standard InChI is InChI=1S/C20H17FN2O3S/c1-3-10-23-16-9-6-14(19(25)26-2)12-17(16)27-20(23)22-18(24)11-13-4-7-15(21)8-5-13/h3-9,12H,1,10-11H2,2H3. The Bertz CT molecular complexity index is 1080. The van der Waals surface area contributed by atoms with Crippen molar-refractivity contribution < 1.29 is 18.7 Å². The number of halogens is 1. The van der Waals surface area contributed by atoms with Crippen molar-refractivity contribution in [2.75, 3.05) is 7.11 Å². The maximum Gasteiger partial charge on any atom is 0.337 e. The molecule has 0 aliphatic heterocycles. The summed E-state index contributed by atoms with van der Waals surface area (Å²) in [6, 6.07) is 10.9. The van der Waals surface area contributed by atoms with Gasteiger partial charge in [0.1, 0.15) is 5.82 Å². The van der Waals surface area contributed by atoms with Crippen LogP contribution in [-0.4, -0.2) is 23.6 Å². The highest BCUT2D eigenvalue weighted by atomic mass is 32.1. The largest absolute Gasteiger partial charge is 0.465 e. The third kappa shape index (κ3) is 4.20. The van der Waals surface area contributed by atoms with Crippen molar-refractivity contribution in [1.82, 2.24) is 4.57 Å². The number of methoxy groups -OCH3 is 1. The summed E-state index contributed by atoms with van der Waals surface area (Å²) in [6.07, 6.45) is 1.79. The van der Waals surface area contributed by atoms with Gasteiger partial charge < -0.3 is 9.30 Å². The maximum absolute atomic E-state index is 13.0. The van der Waals surface area contributed by atoms with Gasteiger partial charge in [0.15, 0.2) is 4.80 Å². The molecule has 2 aromatic carbocycles. The quantitative estimate of drug-likeness (QED) is 0.500. The highest BCUT2D eigenvalue weighted by Crippen LogP contribution is 2.20. The third-order valence-electron chi connectivity index (χ3n) is 3.90. The van der Waals surface area contributed by atoms with Crippen molar-refractivity contribution in [2.45, 2.75) is 13.0 Å². The van der Waals surface area contributed by atoms with Gasteiger partial charge in [-0.05, 0) is 35.9 Å². The number of ether oxygens (including phenoxy) is 1. The molecule has 3 rings (SSSR count). The predicted octanol–water partition coefficient (Wildman–Crippen LogP) is 3.48. The molecule has 0 saturated heterocycles. The fourth-order valence-electron chi connectivity index (χ4n) is 2.63. The van der Waals surface area contributed by atoms with Crippen LogP contribution >= 0.6 is 11.3 Å². The van der Waals surface area contributed by atoms with Gasteiger partial charge >= 0.3 is 5.97 Å². The second-order valence-electron chi connectivity index (χ2n) is 5.77. The van der Waals surface area contributed by atoms with E-state index in [9.17, 15) is 14.0 Å². The van der Waals surface area contributed by atoms with E-state index in [2.05, 4.69) is 11.6 Å². The van der Waals surface area contributed by atoms with Crippen molar-refractivity contribution in [3.05, 3.63) is 76.9 Å². The first-order valence-corrected chi connectivity index (χ1v) is 8.98. The molecule has 3 aromatic rings. The Hall–Kier alpha value is -3.06. The number of amides is 1. The molecule has 0 N–H and O–H groups in total. The number of aromatic nitrogens is 1. The van der Waals surface area contributed by atoms with Crippen molar-refractivity contribution in [3.63, 3.8) is 0 Å². The van der Waals surface area contributed by atoms with Gasteiger partial charge in [-0.1, -0.05) is 29.5 Å². The Balaban J connectivity index is 2.00. The lowest BCUT2D eigenvalue weighted by molar-refractivity contribution is -0.117. The number of benzene rings is 2. The highest BCUT2D eigenvalue weighted by Gasteiger charge is 2.11. The van der Waals surface area contributed by atoms with E-state index >= 15 is 0 Å². The zero-order chi connectivity index (χ0) is 19.4. The third-order valence-corrected chi connectivity index (χ3v) is 4.95. The van der Waals surface area contributed by atoms with Crippen LogP contribution in [0.3, 0.4) is 0 Å². The van der Waals surface area contributed by atoms with Crippen molar-refractivity contribution in [3.8, 4) is 0 Å². The van der Waals surface area contributed by atoms with Crippen LogP contribution in [0.4, 0.5) is 4.39 Å². The number of fused-ring (bicyclic) bond motifs is 1. The van der Waals surface area contributed by atoms with E-state index < -0.39 is 5.97 Å². The zero-order valence-electron chi connectivity index (χ0n) is 14.6. The van der Waals surface area contributed by atoms with E-state index in [0.29, 0.717) is 22.5 Å². The summed E-state index contributed by atoms with van der Waals surface area (Å²) in [5.41, 5.74) is 1.97. The molecule has 0 unspecified atom stereocenters. The number of hydrogen-bond acceptors (Lipinski definition) is 4. The van der Waals surface area contributed by atoms with Gasteiger partial charge in [-0.2, -0.15) is 4.99 Å². The van der Waals surface area contributed by atoms with Gasteiger partial charge in [0.25, 0.3) is 5.91 Å². The van der Waals surface area contributed by atoms with Crippen LogP contribution in [0.1, 0.15) is 15.9 Å². The van der Waals surface area contributed by atoms with Gasteiger partial charge in [-0.3, -0.25) is 4.79 Å². The van der Waals surface area contributed by atoms with E-state index in [1.807, 2.05) is 4.57 Å². The second-order valence-corrected chi connectivity index (χ2v) is 6.78. The molecular formula is C20H17FN2O3S. The Labute approximate surface area is 159 Å². The number of carbonyl (C=O) groups excluding carboxylic acids is 2. The van der Waals surface area contributed by atoms with Crippen molar-refractivity contribution in [2.24, 2.45) is 4.99 Å². The fourth-order valence-corrected chi connectivity index (χ4v) is 3.73. The molecule has 0 atom stereocenters. The normalized spacial score (nSPS) is 11.6. The Morgan fingerprint density at radius 3 is 2.67 bits per heavy atom. The number of carbonyl (C=O) groups is 2. The molecule has 0 aliphatic carbocycles. The first-order chi connectivity index (χ1) is 13.0. The van der Waals surface area contributed by atoms with Crippen LogP contribution in [-0.2, 0) is 22.5 Å². The number of thiazole rings is 1. The van der Waals surface area contributed by atoms with Crippen molar-refractivity contribution >= 4 is 33.4 Å². The average molecular weight is 384 g/mol. The molecule has 0 saturated carbocycles. The summed E-state index contributed by atoms with van der Waals surface area (Å²) in [7, 11) is 1.33. The van der Waals surface area contributed by atoms with E-state index in [-0.39, 0.29) is 18.1 Å². The predicted molar refractivity (Wildman–Crippen MR) is 102 cm³/mol. The molecular weight excluding hydrogens is 367 g/mol. The molecule has 1 amide bonds. The maximum atomic E-state index is 13.0. The lowest BCUT2D eigenvalue weighted by Crippen LogP contribution is -2.17. The summed E-state index contributed by atoms with van der Waals surface area (Å²) >= 11 is 1.31. The highest BCUT2D eigenvalue weighted by molar-refractivity contribution is 7.16. The van der Waals surface area contributed by atoms with Crippen LogP contribution in [0.25, 0.3) is 10.2 Å². The van der Waals surface area contributed by atoms with E-state index in [1.165, 1.54) is 30.6 Å². The smallest absolute Gasteiger partial charge is 0.337 e. The molecule has 0 bridgehead atoms. The number of hydrogen-bond donors (Lipinski definition) is 0. The number of esters is 1. The number of allylic oxidation sites excluding steroid dienone is 1. The Kier molecular flexibility index (Phi) is 5.61. The first kappa shape index (κ1) is 18.7. The van der Waals surface area contributed by atoms with E-state index in [1.54, 1.807) is 36.4 Å². The van der Waals surface area contributed by atoms with Crippen LogP contribution in [0.15, 0.2) is 60.1 Å². The van der Waals surface area contributed by atoms with Crippen LogP contribution in [0, 0.1) is 5.82 Å². The molecule has 0 aliphatic rings. The summed E-state index contributed by atoms with van der Waals surface area (Å²) in [5, 5.41) is 0. The van der Waals surface area contributed by atoms with Crippen molar-refractivity contribution in [1.29, 1.82) is 0 Å². The molecule has 0 radical (unpaired) electrons. The molecule has 1 heterocycles. The summed E-state index contributed by atoms with van der Waals surface area (Å²) in [6.45, 7) is 4.22. The van der Waals surface area contributed by atoms with Gasteiger partial charge in [0.05, 0.1) is 29.3 Å². The molecule has 7 heteroatoms. The fraction of sp³-hybridized carbons (Fsp3) is 0.150. The van der Waals surface area contributed by atoms with E-state index in [4.69, 9.17) is 4.74 Å². The van der Waals surface area contributed by atoms with Gasteiger partial charge in [0.2, 0.25) is 0 Å². The van der Waals surface area contributed by atoms with Gasteiger partial charge in [0, 0.05) is 6.54 Å². The molecule has 0 spiro atoms. The molecule has 138 valence electrons. The molecule has 0 fully saturated rings. The minimum atomic E-state index is -0.425. The van der Waals surface area contributed by atoms with Crippen LogP contribution in [0.5, 0.6) is 0 Å². The lowest BCUT2D eigenvalue weighted by Gasteiger charge is -2.02. The summed E-state index contributed by atoms with van der Waals surface area (Å²) in [5.74, 6) is -1.11. The second kappa shape index (κ2) is 8.09. The summed E-state index contributed by atoms with van der Waals surface area (Å²) < 4.78 is 20.4. The topological polar surface area (TPSA) is 60.7 Å². The minimum Gasteiger partial charge on any atom is -0.465 e. The Morgan fingerprint density at radius 2 is 2.00 bits per heavy atom. The van der Waals surface area contributed by atoms with Gasteiger partial charge in [-0.25, -0.2) is 9.18 Å². The Morgan fingerprint density at radius 1 is 1.26 bits per heavy atom. The lowest BCUT2D eigenvalue weighted by atomic mass is 10.1. The molecule has 1 aromatic heterocycles. The zero-order valence-corrected chi connectivity index (χ0v) is 15.5. The van der Waals surface area contributed by atoms with Crippen LogP contribution in [0.2, 0.25) is 0 Å². The van der Waals surface area contributed by atoms with Gasteiger partial charge in [-0.15, -0.1) is 6.58 Å². The van der Waals surface area contributed by atoms with Crippen LogP contribution < -0.4 is 4.80 Å². The summed E-state index contributed by atoms with van der Waals surface area (Å²) in [4.78, 5) is 28.8. The first-order valence-electron chi connectivity index (χ1n) is 8.16. The molecule has 5 nitrogen and oxygen atoms in total. The minimum absolute atomic E-state index is 0.0794. The number of rotatable bonds is 5. The monoisotopic (exact) mass is 384 g/mol. The SMILES string of the molecule is C=CCn1c(=NC(=O)Cc2ccc(F)cc2)sc2cc(C(=O)OC)ccc21. The molecule has 27 heavy (non-hydrogen) atoms. The van der Waals surface area contributed by atoms with E-state index in [0.717, 1.165) is 10.2 Å². The number of nitrogens with zero attached hydrogens (tertiary/aromatic N) is 2.